The minimum atomic E-state index is -0.760. The molecule has 3 fully saturated rings. The molecule has 0 spiro atoms. The number of anilines is 1. The SMILES string of the molecule is CC1CN(c2ccc(C(=O)N3C[C@@H]4CCC[C@@]4(C(=O)O)C3)cn2)CC(C)O1. The van der Waals surface area contributed by atoms with Crippen LogP contribution in [0.4, 0.5) is 5.82 Å². The molecule has 4 atom stereocenters. The molecular formula is C20H27N3O4. The Labute approximate surface area is 159 Å². The quantitative estimate of drug-likeness (QED) is 0.873. The summed E-state index contributed by atoms with van der Waals surface area (Å²) in [6.45, 7) is 6.49. The standard InChI is InChI=1S/C20H27N3O4/c1-13-9-22(10-14(2)27-13)17-6-5-15(8-21-17)18(24)23-11-16-4-3-7-20(16,12-23)19(25)26/h5-6,8,13-14,16H,3-4,7,9-12H2,1-2H3,(H,25,26)/t13?,14?,16-,20+/m0/s1. The number of ether oxygens (including phenoxy) is 1. The summed E-state index contributed by atoms with van der Waals surface area (Å²) in [5.74, 6) is 0.0356. The molecule has 0 aromatic carbocycles. The van der Waals surface area contributed by atoms with E-state index in [-0.39, 0.29) is 24.0 Å². The molecule has 3 aliphatic rings. The van der Waals surface area contributed by atoms with Crippen molar-refractivity contribution in [3.63, 3.8) is 0 Å². The van der Waals surface area contributed by atoms with E-state index in [9.17, 15) is 14.7 Å². The molecule has 27 heavy (non-hydrogen) atoms. The van der Waals surface area contributed by atoms with Crippen LogP contribution in [0.5, 0.6) is 0 Å². The number of pyridine rings is 1. The molecule has 2 unspecified atom stereocenters. The molecule has 1 aliphatic carbocycles. The van der Waals surface area contributed by atoms with Gasteiger partial charge in [-0.1, -0.05) is 6.42 Å². The lowest BCUT2D eigenvalue weighted by Gasteiger charge is -2.36. The summed E-state index contributed by atoms with van der Waals surface area (Å²) < 4.78 is 5.75. The molecule has 1 amide bonds. The zero-order valence-corrected chi connectivity index (χ0v) is 15.9. The van der Waals surface area contributed by atoms with E-state index in [1.54, 1.807) is 17.2 Å². The predicted octanol–water partition coefficient (Wildman–Crippen LogP) is 2.02. The molecule has 2 aliphatic heterocycles. The number of morpholine rings is 1. The molecule has 0 radical (unpaired) electrons. The van der Waals surface area contributed by atoms with Crippen molar-refractivity contribution in [1.29, 1.82) is 0 Å². The van der Waals surface area contributed by atoms with Crippen LogP contribution in [0.15, 0.2) is 18.3 Å². The van der Waals surface area contributed by atoms with Crippen LogP contribution in [0.2, 0.25) is 0 Å². The van der Waals surface area contributed by atoms with Crippen molar-refractivity contribution in [2.45, 2.75) is 45.3 Å². The predicted molar refractivity (Wildman–Crippen MR) is 99.8 cm³/mol. The lowest BCUT2D eigenvalue weighted by molar-refractivity contribution is -0.149. The van der Waals surface area contributed by atoms with Crippen LogP contribution in [0, 0.1) is 11.3 Å². The Morgan fingerprint density at radius 2 is 1.96 bits per heavy atom. The monoisotopic (exact) mass is 373 g/mol. The number of amides is 1. The van der Waals surface area contributed by atoms with E-state index in [0.29, 0.717) is 25.1 Å². The lowest BCUT2D eigenvalue weighted by atomic mass is 9.81. The van der Waals surface area contributed by atoms with Crippen LogP contribution < -0.4 is 4.90 Å². The van der Waals surface area contributed by atoms with E-state index in [0.717, 1.165) is 31.7 Å². The molecule has 146 valence electrons. The van der Waals surface area contributed by atoms with E-state index in [1.165, 1.54) is 0 Å². The van der Waals surface area contributed by atoms with E-state index in [1.807, 2.05) is 19.9 Å². The maximum atomic E-state index is 12.9. The molecule has 1 aromatic rings. The zero-order chi connectivity index (χ0) is 19.2. The largest absolute Gasteiger partial charge is 0.481 e. The van der Waals surface area contributed by atoms with Gasteiger partial charge in [0.05, 0.1) is 23.2 Å². The number of hydrogen-bond donors (Lipinski definition) is 1. The number of hydrogen-bond acceptors (Lipinski definition) is 5. The summed E-state index contributed by atoms with van der Waals surface area (Å²) in [5.41, 5.74) is -0.225. The number of carboxylic acid groups (broad SMARTS) is 1. The summed E-state index contributed by atoms with van der Waals surface area (Å²) in [6, 6.07) is 3.68. The van der Waals surface area contributed by atoms with Gasteiger partial charge in [0.1, 0.15) is 5.82 Å². The molecule has 0 bridgehead atoms. The first-order valence-corrected chi connectivity index (χ1v) is 9.78. The van der Waals surface area contributed by atoms with Crippen LogP contribution in [0.25, 0.3) is 0 Å². The number of carboxylic acids is 1. The second-order valence-corrected chi connectivity index (χ2v) is 8.30. The fourth-order valence-corrected chi connectivity index (χ4v) is 5.04. The maximum Gasteiger partial charge on any atom is 0.311 e. The molecule has 2 saturated heterocycles. The second-order valence-electron chi connectivity index (χ2n) is 8.30. The van der Waals surface area contributed by atoms with Gasteiger partial charge in [0.2, 0.25) is 0 Å². The molecule has 1 saturated carbocycles. The van der Waals surface area contributed by atoms with Crippen molar-refractivity contribution in [3.05, 3.63) is 23.9 Å². The molecule has 4 rings (SSSR count). The van der Waals surface area contributed by atoms with Gasteiger partial charge >= 0.3 is 5.97 Å². The number of carbonyl (C=O) groups excluding carboxylic acids is 1. The molecule has 7 nitrogen and oxygen atoms in total. The maximum absolute atomic E-state index is 12.9. The van der Waals surface area contributed by atoms with Crippen molar-refractivity contribution in [3.8, 4) is 0 Å². The van der Waals surface area contributed by atoms with Gasteiger partial charge in [0.15, 0.2) is 0 Å². The van der Waals surface area contributed by atoms with Crippen molar-refractivity contribution >= 4 is 17.7 Å². The van der Waals surface area contributed by atoms with Crippen molar-refractivity contribution in [2.24, 2.45) is 11.3 Å². The fourth-order valence-electron chi connectivity index (χ4n) is 5.04. The molecule has 3 heterocycles. The van der Waals surface area contributed by atoms with E-state index < -0.39 is 11.4 Å². The molecule has 7 heteroatoms. The van der Waals surface area contributed by atoms with Gasteiger partial charge < -0.3 is 19.6 Å². The van der Waals surface area contributed by atoms with Crippen LogP contribution in [-0.2, 0) is 9.53 Å². The number of carbonyl (C=O) groups is 2. The van der Waals surface area contributed by atoms with E-state index >= 15 is 0 Å². The smallest absolute Gasteiger partial charge is 0.311 e. The number of likely N-dealkylation sites (tertiary alicyclic amines) is 1. The Balaban J connectivity index is 1.47. The first-order valence-electron chi connectivity index (χ1n) is 9.78. The Morgan fingerprint density at radius 3 is 2.56 bits per heavy atom. The van der Waals surface area contributed by atoms with Gasteiger partial charge in [-0.2, -0.15) is 0 Å². The summed E-state index contributed by atoms with van der Waals surface area (Å²) in [6.07, 6.45) is 4.40. The average Bonchev–Trinajstić information content (AvgIpc) is 3.19. The van der Waals surface area contributed by atoms with Gasteiger partial charge in [-0.25, -0.2) is 4.98 Å². The molecule has 1 N–H and O–H groups in total. The highest BCUT2D eigenvalue weighted by atomic mass is 16.5. The van der Waals surface area contributed by atoms with Gasteiger partial charge in [0, 0.05) is 32.4 Å². The van der Waals surface area contributed by atoms with E-state index in [4.69, 9.17) is 4.74 Å². The normalized spacial score (nSPS) is 33.2. The number of rotatable bonds is 3. The first-order chi connectivity index (χ1) is 12.9. The molecule has 1 aromatic heterocycles. The fraction of sp³-hybridized carbons (Fsp3) is 0.650. The van der Waals surface area contributed by atoms with Gasteiger partial charge in [-0.05, 0) is 44.7 Å². The minimum absolute atomic E-state index is 0.0718. The summed E-state index contributed by atoms with van der Waals surface area (Å²) >= 11 is 0. The summed E-state index contributed by atoms with van der Waals surface area (Å²) in [5, 5.41) is 9.70. The van der Waals surface area contributed by atoms with Crippen LogP contribution in [-0.4, -0.2) is 65.3 Å². The third-order valence-electron chi connectivity index (χ3n) is 6.32. The van der Waals surface area contributed by atoms with Crippen molar-refractivity contribution < 1.29 is 19.4 Å². The second kappa shape index (κ2) is 6.78. The van der Waals surface area contributed by atoms with Crippen LogP contribution in [0.1, 0.15) is 43.5 Å². The van der Waals surface area contributed by atoms with Crippen LogP contribution in [0.3, 0.4) is 0 Å². The highest BCUT2D eigenvalue weighted by Gasteiger charge is 2.55. The highest BCUT2D eigenvalue weighted by molar-refractivity contribution is 5.95. The van der Waals surface area contributed by atoms with Gasteiger partial charge in [-0.15, -0.1) is 0 Å². The Morgan fingerprint density at radius 1 is 1.22 bits per heavy atom. The number of nitrogens with zero attached hydrogens (tertiary/aromatic N) is 3. The van der Waals surface area contributed by atoms with Crippen molar-refractivity contribution in [1.82, 2.24) is 9.88 Å². The number of fused-ring (bicyclic) bond motifs is 1. The third kappa shape index (κ3) is 3.18. The average molecular weight is 373 g/mol. The zero-order valence-electron chi connectivity index (χ0n) is 15.9. The highest BCUT2D eigenvalue weighted by Crippen LogP contribution is 2.49. The Hall–Kier alpha value is -2.15. The minimum Gasteiger partial charge on any atom is -0.481 e. The van der Waals surface area contributed by atoms with Crippen molar-refractivity contribution in [2.75, 3.05) is 31.1 Å². The Kier molecular flexibility index (Phi) is 4.58. The number of aromatic nitrogens is 1. The first kappa shape index (κ1) is 18.2. The van der Waals surface area contributed by atoms with Gasteiger partial charge in [0.25, 0.3) is 5.91 Å². The molecular weight excluding hydrogens is 346 g/mol. The number of aliphatic carboxylic acids is 1. The summed E-state index contributed by atoms with van der Waals surface area (Å²) in [4.78, 5) is 33.1. The lowest BCUT2D eigenvalue weighted by Crippen LogP contribution is -2.45. The summed E-state index contributed by atoms with van der Waals surface area (Å²) in [7, 11) is 0. The Bertz CT molecular complexity index is 727. The topological polar surface area (TPSA) is 83.0 Å². The third-order valence-corrected chi connectivity index (χ3v) is 6.32. The van der Waals surface area contributed by atoms with Crippen LogP contribution >= 0.6 is 0 Å². The van der Waals surface area contributed by atoms with Gasteiger partial charge in [-0.3, -0.25) is 9.59 Å². The van der Waals surface area contributed by atoms with E-state index in [2.05, 4.69) is 9.88 Å².